The summed E-state index contributed by atoms with van der Waals surface area (Å²) < 4.78 is 11.9. The minimum absolute atomic E-state index is 0.0641. The highest BCUT2D eigenvalue weighted by Crippen LogP contribution is 2.28. The van der Waals surface area contributed by atoms with Crippen LogP contribution in [0.1, 0.15) is 52.8 Å². The Morgan fingerprint density at radius 2 is 1.76 bits per heavy atom. The van der Waals surface area contributed by atoms with Gasteiger partial charge in [0.2, 0.25) is 0 Å². The molecule has 1 aromatic heterocycles. The van der Waals surface area contributed by atoms with Gasteiger partial charge in [-0.25, -0.2) is 0 Å². The van der Waals surface area contributed by atoms with Gasteiger partial charge in [0.05, 0.1) is 0 Å². The molecule has 0 spiro atoms. The summed E-state index contributed by atoms with van der Waals surface area (Å²) in [4.78, 5) is 17.1. The summed E-state index contributed by atoms with van der Waals surface area (Å²) in [5.41, 5.74) is 3.55. The Balaban J connectivity index is 1.30. The first-order chi connectivity index (χ1) is 15.9. The average molecular weight is 467 g/mol. The van der Waals surface area contributed by atoms with E-state index in [9.17, 15) is 4.79 Å². The Kier molecular flexibility index (Phi) is 7.41. The van der Waals surface area contributed by atoms with Crippen LogP contribution in [0.15, 0.2) is 59.0 Å². The lowest BCUT2D eigenvalue weighted by atomic mass is 10.0. The van der Waals surface area contributed by atoms with Gasteiger partial charge in [0.15, 0.2) is 5.76 Å². The Morgan fingerprint density at radius 3 is 2.45 bits per heavy atom. The normalized spacial score (nSPS) is 14.6. The van der Waals surface area contributed by atoms with E-state index >= 15 is 0 Å². The highest BCUT2D eigenvalue weighted by Gasteiger charge is 2.24. The van der Waals surface area contributed by atoms with Gasteiger partial charge in [-0.15, -0.1) is 0 Å². The van der Waals surface area contributed by atoms with Crippen molar-refractivity contribution >= 4 is 17.5 Å². The second-order valence-corrected chi connectivity index (χ2v) is 9.38. The fourth-order valence-electron chi connectivity index (χ4n) is 4.08. The SMILES string of the molecule is Cc1ccc(C(C)C)c(OCc2ccc(C(=O)N3CCN(Cc4ccc(Cl)cc4)CC3)o2)c1. The fourth-order valence-corrected chi connectivity index (χ4v) is 4.20. The van der Waals surface area contributed by atoms with Gasteiger partial charge in [0.25, 0.3) is 5.91 Å². The maximum Gasteiger partial charge on any atom is 0.289 e. The number of ether oxygens (including phenoxy) is 1. The zero-order chi connectivity index (χ0) is 23.4. The number of rotatable bonds is 7. The molecule has 1 saturated heterocycles. The predicted octanol–water partition coefficient (Wildman–Crippen LogP) is 5.90. The molecule has 1 amide bonds. The third-order valence-corrected chi connectivity index (χ3v) is 6.26. The van der Waals surface area contributed by atoms with Gasteiger partial charge in [-0.1, -0.05) is 49.7 Å². The summed E-state index contributed by atoms with van der Waals surface area (Å²) in [6, 6.07) is 17.8. The van der Waals surface area contributed by atoms with Crippen molar-refractivity contribution in [3.05, 3.63) is 87.8 Å². The van der Waals surface area contributed by atoms with Gasteiger partial charge in [-0.3, -0.25) is 9.69 Å². The molecule has 174 valence electrons. The number of hydrogen-bond donors (Lipinski definition) is 0. The summed E-state index contributed by atoms with van der Waals surface area (Å²) in [6.07, 6.45) is 0. The highest BCUT2D eigenvalue weighted by atomic mass is 35.5. The average Bonchev–Trinajstić information content (AvgIpc) is 3.28. The first kappa shape index (κ1) is 23.4. The van der Waals surface area contributed by atoms with E-state index in [1.165, 1.54) is 11.1 Å². The van der Waals surface area contributed by atoms with E-state index in [4.69, 9.17) is 20.8 Å². The number of halogens is 1. The lowest BCUT2D eigenvalue weighted by molar-refractivity contribution is 0.0594. The lowest BCUT2D eigenvalue weighted by Crippen LogP contribution is -2.48. The van der Waals surface area contributed by atoms with Crippen LogP contribution < -0.4 is 4.74 Å². The lowest BCUT2D eigenvalue weighted by Gasteiger charge is -2.34. The predicted molar refractivity (Wildman–Crippen MR) is 131 cm³/mol. The monoisotopic (exact) mass is 466 g/mol. The number of nitrogens with zero attached hydrogens (tertiary/aromatic N) is 2. The molecule has 0 radical (unpaired) electrons. The molecule has 2 aromatic carbocycles. The van der Waals surface area contributed by atoms with Crippen LogP contribution in [-0.2, 0) is 13.2 Å². The smallest absolute Gasteiger partial charge is 0.289 e. The Bertz CT molecular complexity index is 1080. The van der Waals surface area contributed by atoms with Crippen molar-refractivity contribution in [1.82, 2.24) is 9.80 Å². The van der Waals surface area contributed by atoms with Crippen molar-refractivity contribution in [2.24, 2.45) is 0 Å². The summed E-state index contributed by atoms with van der Waals surface area (Å²) in [6.45, 7) is 10.5. The van der Waals surface area contributed by atoms with Gasteiger partial charge in [-0.05, 0) is 59.9 Å². The number of carbonyl (C=O) groups is 1. The van der Waals surface area contributed by atoms with Crippen molar-refractivity contribution < 1.29 is 13.9 Å². The van der Waals surface area contributed by atoms with Crippen molar-refractivity contribution in [2.45, 2.75) is 39.8 Å². The van der Waals surface area contributed by atoms with E-state index in [0.717, 1.165) is 36.0 Å². The van der Waals surface area contributed by atoms with Crippen LogP contribution in [0.25, 0.3) is 0 Å². The number of benzene rings is 2. The van der Waals surface area contributed by atoms with Crippen molar-refractivity contribution in [1.29, 1.82) is 0 Å². The standard InChI is InChI=1S/C27H31ClN2O3/c1-19(2)24-10-4-20(3)16-26(24)32-18-23-9-11-25(33-23)27(31)30-14-12-29(13-15-30)17-21-5-7-22(28)8-6-21/h4-11,16,19H,12-15,17-18H2,1-3H3. The molecule has 0 atom stereocenters. The van der Waals surface area contributed by atoms with E-state index in [2.05, 4.69) is 37.8 Å². The molecule has 0 unspecified atom stereocenters. The third-order valence-electron chi connectivity index (χ3n) is 6.01. The number of furan rings is 1. The van der Waals surface area contributed by atoms with Crippen LogP contribution in [0.5, 0.6) is 5.75 Å². The maximum atomic E-state index is 12.9. The Morgan fingerprint density at radius 1 is 1.03 bits per heavy atom. The first-order valence-corrected chi connectivity index (χ1v) is 11.8. The molecule has 5 nitrogen and oxygen atoms in total. The van der Waals surface area contributed by atoms with Crippen LogP contribution in [0.2, 0.25) is 5.02 Å². The molecular weight excluding hydrogens is 436 g/mol. The molecule has 0 bridgehead atoms. The number of hydrogen-bond acceptors (Lipinski definition) is 4. The van der Waals surface area contributed by atoms with Crippen molar-refractivity contribution in [3.63, 3.8) is 0 Å². The molecule has 6 heteroatoms. The number of amides is 1. The first-order valence-electron chi connectivity index (χ1n) is 11.5. The molecule has 3 aromatic rings. The van der Waals surface area contributed by atoms with Gasteiger partial charge in [-0.2, -0.15) is 0 Å². The molecule has 33 heavy (non-hydrogen) atoms. The van der Waals surface area contributed by atoms with Crippen molar-refractivity contribution in [2.75, 3.05) is 26.2 Å². The van der Waals surface area contributed by atoms with E-state index < -0.39 is 0 Å². The topological polar surface area (TPSA) is 45.9 Å². The van der Waals surface area contributed by atoms with Crippen LogP contribution in [0.3, 0.4) is 0 Å². The summed E-state index contributed by atoms with van der Waals surface area (Å²) in [5, 5.41) is 0.747. The molecule has 1 fully saturated rings. The van der Waals surface area contributed by atoms with Crippen LogP contribution in [0, 0.1) is 6.92 Å². The molecular formula is C27H31ClN2O3. The minimum atomic E-state index is -0.0641. The summed E-state index contributed by atoms with van der Waals surface area (Å²) in [7, 11) is 0. The zero-order valence-corrected chi connectivity index (χ0v) is 20.3. The molecule has 0 N–H and O–H groups in total. The van der Waals surface area contributed by atoms with Crippen LogP contribution in [0.4, 0.5) is 0 Å². The number of aryl methyl sites for hydroxylation is 1. The Labute approximate surface area is 200 Å². The van der Waals surface area contributed by atoms with E-state index in [1.807, 2.05) is 41.3 Å². The summed E-state index contributed by atoms with van der Waals surface area (Å²) >= 11 is 5.97. The molecule has 4 rings (SSSR count). The molecule has 1 aliphatic heterocycles. The number of carbonyl (C=O) groups excluding carboxylic acids is 1. The summed E-state index contributed by atoms with van der Waals surface area (Å²) in [5.74, 6) is 2.19. The van der Waals surface area contributed by atoms with Gasteiger partial charge < -0.3 is 14.1 Å². The molecule has 0 aliphatic carbocycles. The Hall–Kier alpha value is -2.76. The van der Waals surface area contributed by atoms with E-state index in [-0.39, 0.29) is 5.91 Å². The van der Waals surface area contributed by atoms with Crippen LogP contribution >= 0.6 is 11.6 Å². The minimum Gasteiger partial charge on any atom is -0.485 e. The third kappa shape index (κ3) is 5.98. The van der Waals surface area contributed by atoms with Crippen molar-refractivity contribution in [3.8, 4) is 5.75 Å². The molecule has 2 heterocycles. The maximum absolute atomic E-state index is 12.9. The second kappa shape index (κ2) is 10.4. The quantitative estimate of drug-likeness (QED) is 0.434. The van der Waals surface area contributed by atoms with Crippen LogP contribution in [-0.4, -0.2) is 41.9 Å². The van der Waals surface area contributed by atoms with Gasteiger partial charge in [0.1, 0.15) is 18.1 Å². The molecule has 0 saturated carbocycles. The zero-order valence-electron chi connectivity index (χ0n) is 19.5. The molecule has 1 aliphatic rings. The van der Waals surface area contributed by atoms with E-state index in [0.29, 0.717) is 37.1 Å². The highest BCUT2D eigenvalue weighted by molar-refractivity contribution is 6.30. The fraction of sp³-hybridized carbons (Fsp3) is 0.370. The van der Waals surface area contributed by atoms with Gasteiger partial charge >= 0.3 is 0 Å². The van der Waals surface area contributed by atoms with E-state index in [1.54, 1.807) is 6.07 Å². The van der Waals surface area contributed by atoms with Gasteiger partial charge in [0, 0.05) is 37.7 Å². The number of piperazine rings is 1. The largest absolute Gasteiger partial charge is 0.485 e. The second-order valence-electron chi connectivity index (χ2n) is 8.95.